The van der Waals surface area contributed by atoms with Crippen LogP contribution in [-0.2, 0) is 0 Å². The number of imide groups is 1. The minimum absolute atomic E-state index is 0.244. The standard InChI is InChI=1S/C14H18N2O2/c1-2-3-4-7-10-15-16-13(17)11-8-5-6-9-12(11)14(16)18/h5-6,8-9,15H,2-4,7,10H2,1H3. The van der Waals surface area contributed by atoms with Gasteiger partial charge in [-0.2, -0.15) is 0 Å². The maximum Gasteiger partial charge on any atom is 0.276 e. The number of amides is 2. The Morgan fingerprint density at radius 3 is 2.17 bits per heavy atom. The highest BCUT2D eigenvalue weighted by atomic mass is 16.2. The molecular formula is C14H18N2O2. The van der Waals surface area contributed by atoms with Crippen LogP contribution in [0.1, 0.15) is 53.3 Å². The third-order valence-electron chi connectivity index (χ3n) is 3.09. The predicted molar refractivity (Wildman–Crippen MR) is 69.1 cm³/mol. The molecule has 2 rings (SSSR count). The molecule has 2 amide bonds. The van der Waals surface area contributed by atoms with Gasteiger partial charge in [0.1, 0.15) is 0 Å². The van der Waals surface area contributed by atoms with E-state index in [0.717, 1.165) is 17.9 Å². The fourth-order valence-corrected chi connectivity index (χ4v) is 2.08. The third kappa shape index (κ3) is 2.43. The van der Waals surface area contributed by atoms with Gasteiger partial charge in [0.05, 0.1) is 11.1 Å². The molecule has 0 unspecified atom stereocenters. The fourth-order valence-electron chi connectivity index (χ4n) is 2.08. The molecule has 0 radical (unpaired) electrons. The minimum Gasteiger partial charge on any atom is -0.267 e. The summed E-state index contributed by atoms with van der Waals surface area (Å²) in [5.74, 6) is -0.489. The summed E-state index contributed by atoms with van der Waals surface area (Å²) < 4.78 is 0. The van der Waals surface area contributed by atoms with Crippen molar-refractivity contribution in [1.29, 1.82) is 0 Å². The van der Waals surface area contributed by atoms with Crippen LogP contribution in [0, 0.1) is 0 Å². The van der Waals surface area contributed by atoms with E-state index < -0.39 is 0 Å². The molecule has 1 aliphatic rings. The summed E-state index contributed by atoms with van der Waals surface area (Å²) >= 11 is 0. The molecule has 1 aromatic carbocycles. The van der Waals surface area contributed by atoms with E-state index in [4.69, 9.17) is 0 Å². The van der Waals surface area contributed by atoms with Crippen LogP contribution in [0.15, 0.2) is 24.3 Å². The molecule has 1 aliphatic heterocycles. The molecule has 1 N–H and O–H groups in total. The number of nitrogens with zero attached hydrogens (tertiary/aromatic N) is 1. The predicted octanol–water partition coefficient (Wildman–Crippen LogP) is 2.37. The van der Waals surface area contributed by atoms with Crippen LogP contribution in [-0.4, -0.2) is 23.4 Å². The molecule has 0 atom stereocenters. The number of benzene rings is 1. The highest BCUT2D eigenvalue weighted by molar-refractivity contribution is 6.20. The molecule has 0 saturated heterocycles. The lowest BCUT2D eigenvalue weighted by atomic mass is 10.1. The van der Waals surface area contributed by atoms with Crippen LogP contribution in [0.5, 0.6) is 0 Å². The Bertz CT molecular complexity index is 422. The molecular weight excluding hydrogens is 228 g/mol. The van der Waals surface area contributed by atoms with Crippen molar-refractivity contribution in [3.05, 3.63) is 35.4 Å². The first-order valence-corrected chi connectivity index (χ1v) is 6.47. The topological polar surface area (TPSA) is 49.4 Å². The van der Waals surface area contributed by atoms with E-state index in [-0.39, 0.29) is 11.8 Å². The highest BCUT2D eigenvalue weighted by Gasteiger charge is 2.34. The molecule has 4 heteroatoms. The van der Waals surface area contributed by atoms with Gasteiger partial charge >= 0.3 is 0 Å². The molecule has 1 aromatic rings. The van der Waals surface area contributed by atoms with Gasteiger partial charge in [-0.05, 0) is 18.6 Å². The first kappa shape index (κ1) is 12.8. The van der Waals surface area contributed by atoms with Crippen molar-refractivity contribution in [2.45, 2.75) is 32.6 Å². The number of rotatable bonds is 6. The van der Waals surface area contributed by atoms with Crippen molar-refractivity contribution in [3.63, 3.8) is 0 Å². The Kier molecular flexibility index (Phi) is 4.10. The Balaban J connectivity index is 1.93. The van der Waals surface area contributed by atoms with E-state index >= 15 is 0 Å². The second-order valence-electron chi connectivity index (χ2n) is 4.46. The van der Waals surface area contributed by atoms with Gasteiger partial charge in [-0.25, -0.2) is 10.4 Å². The van der Waals surface area contributed by atoms with Crippen LogP contribution in [0.3, 0.4) is 0 Å². The first-order chi connectivity index (χ1) is 8.75. The van der Waals surface area contributed by atoms with Crippen molar-refractivity contribution in [2.24, 2.45) is 0 Å². The monoisotopic (exact) mass is 246 g/mol. The second kappa shape index (κ2) is 5.78. The van der Waals surface area contributed by atoms with Crippen molar-refractivity contribution in [2.75, 3.05) is 6.54 Å². The highest BCUT2D eigenvalue weighted by Crippen LogP contribution is 2.20. The number of unbranched alkanes of at least 4 members (excludes halogenated alkanes) is 3. The largest absolute Gasteiger partial charge is 0.276 e. The SMILES string of the molecule is CCCCCCNN1C(=O)c2ccccc2C1=O. The van der Waals surface area contributed by atoms with E-state index in [9.17, 15) is 9.59 Å². The number of hydrogen-bond acceptors (Lipinski definition) is 3. The summed E-state index contributed by atoms with van der Waals surface area (Å²) in [5.41, 5.74) is 3.90. The number of hydrazine groups is 1. The Labute approximate surface area is 107 Å². The van der Waals surface area contributed by atoms with E-state index in [0.29, 0.717) is 17.7 Å². The molecule has 18 heavy (non-hydrogen) atoms. The molecule has 0 bridgehead atoms. The summed E-state index contributed by atoms with van der Waals surface area (Å²) in [6.07, 6.45) is 4.45. The summed E-state index contributed by atoms with van der Waals surface area (Å²) in [6, 6.07) is 6.92. The van der Waals surface area contributed by atoms with Crippen molar-refractivity contribution in [3.8, 4) is 0 Å². The third-order valence-corrected chi connectivity index (χ3v) is 3.09. The molecule has 0 aliphatic carbocycles. The molecule has 0 spiro atoms. The maximum absolute atomic E-state index is 12.0. The van der Waals surface area contributed by atoms with Gasteiger partial charge in [-0.3, -0.25) is 9.59 Å². The molecule has 1 heterocycles. The van der Waals surface area contributed by atoms with Crippen molar-refractivity contribution < 1.29 is 9.59 Å². The summed E-state index contributed by atoms with van der Waals surface area (Å²) in [6.45, 7) is 2.81. The molecule has 0 saturated carbocycles. The Morgan fingerprint density at radius 2 is 1.61 bits per heavy atom. The lowest BCUT2D eigenvalue weighted by Gasteiger charge is -2.14. The number of hydrogen-bond donors (Lipinski definition) is 1. The number of nitrogens with one attached hydrogen (secondary N) is 1. The fraction of sp³-hybridized carbons (Fsp3) is 0.429. The van der Waals surface area contributed by atoms with Gasteiger partial charge in [0.2, 0.25) is 0 Å². The molecule has 0 fully saturated rings. The normalized spacial score (nSPS) is 14.2. The van der Waals surface area contributed by atoms with E-state index in [1.807, 2.05) is 0 Å². The van der Waals surface area contributed by atoms with E-state index in [2.05, 4.69) is 12.3 Å². The summed E-state index contributed by atoms with van der Waals surface area (Å²) in [7, 11) is 0. The van der Waals surface area contributed by atoms with Crippen LogP contribution in [0.25, 0.3) is 0 Å². The molecule has 4 nitrogen and oxygen atoms in total. The van der Waals surface area contributed by atoms with Crippen LogP contribution < -0.4 is 5.43 Å². The lowest BCUT2D eigenvalue weighted by molar-refractivity contribution is 0.0566. The van der Waals surface area contributed by atoms with Gasteiger partial charge in [0.25, 0.3) is 11.8 Å². The Morgan fingerprint density at radius 1 is 1.00 bits per heavy atom. The number of fused-ring (bicyclic) bond motifs is 1. The quantitative estimate of drug-likeness (QED) is 0.619. The van der Waals surface area contributed by atoms with E-state index in [1.165, 1.54) is 12.8 Å². The Hall–Kier alpha value is -1.68. The van der Waals surface area contributed by atoms with Gasteiger partial charge < -0.3 is 0 Å². The zero-order valence-electron chi connectivity index (χ0n) is 10.6. The second-order valence-corrected chi connectivity index (χ2v) is 4.46. The van der Waals surface area contributed by atoms with Crippen LogP contribution >= 0.6 is 0 Å². The maximum atomic E-state index is 12.0. The van der Waals surface area contributed by atoms with Gasteiger partial charge in [-0.1, -0.05) is 38.3 Å². The van der Waals surface area contributed by atoms with Crippen LogP contribution in [0.4, 0.5) is 0 Å². The average molecular weight is 246 g/mol. The van der Waals surface area contributed by atoms with Gasteiger partial charge in [-0.15, -0.1) is 0 Å². The average Bonchev–Trinajstić information content (AvgIpc) is 2.64. The minimum atomic E-state index is -0.244. The van der Waals surface area contributed by atoms with Gasteiger partial charge in [0, 0.05) is 6.54 Å². The zero-order valence-corrected chi connectivity index (χ0v) is 10.6. The summed E-state index contributed by atoms with van der Waals surface area (Å²) in [5, 5.41) is 1.14. The van der Waals surface area contributed by atoms with Gasteiger partial charge in [0.15, 0.2) is 0 Å². The first-order valence-electron chi connectivity index (χ1n) is 6.47. The lowest BCUT2D eigenvalue weighted by Crippen LogP contribution is -2.42. The van der Waals surface area contributed by atoms with Crippen LogP contribution in [0.2, 0.25) is 0 Å². The molecule has 0 aromatic heterocycles. The smallest absolute Gasteiger partial charge is 0.267 e. The van der Waals surface area contributed by atoms with Crippen molar-refractivity contribution >= 4 is 11.8 Å². The van der Waals surface area contributed by atoms with E-state index in [1.54, 1.807) is 24.3 Å². The zero-order chi connectivity index (χ0) is 13.0. The molecule has 96 valence electrons. The number of carbonyl (C=O) groups excluding carboxylic acids is 2. The van der Waals surface area contributed by atoms with Crippen molar-refractivity contribution in [1.82, 2.24) is 10.4 Å². The number of carbonyl (C=O) groups is 2. The summed E-state index contributed by atoms with van der Waals surface area (Å²) in [4.78, 5) is 23.9.